The van der Waals surface area contributed by atoms with Gasteiger partial charge in [-0.2, -0.15) is 5.10 Å². The van der Waals surface area contributed by atoms with Crippen LogP contribution in [0.25, 0.3) is 0 Å². The Morgan fingerprint density at radius 1 is 1.19 bits per heavy atom. The van der Waals surface area contributed by atoms with Gasteiger partial charge in [-0.05, 0) is 43.7 Å². The van der Waals surface area contributed by atoms with E-state index in [4.69, 9.17) is 27.9 Å². The van der Waals surface area contributed by atoms with E-state index in [1.54, 1.807) is 43.3 Å². The first-order valence-electron chi connectivity index (χ1n) is 9.51. The van der Waals surface area contributed by atoms with Crippen molar-refractivity contribution in [1.29, 1.82) is 0 Å². The van der Waals surface area contributed by atoms with Gasteiger partial charge in [-0.1, -0.05) is 52.1 Å². The number of amides is 3. The number of nitrogens with zero attached hydrogens (tertiary/aromatic N) is 1. The summed E-state index contributed by atoms with van der Waals surface area (Å²) in [7, 11) is 0. The van der Waals surface area contributed by atoms with Crippen molar-refractivity contribution in [3.8, 4) is 5.75 Å². The number of rotatable bonds is 8. The van der Waals surface area contributed by atoms with E-state index in [9.17, 15) is 14.4 Å². The van der Waals surface area contributed by atoms with Crippen molar-refractivity contribution in [3.63, 3.8) is 0 Å². The van der Waals surface area contributed by atoms with E-state index < -0.39 is 17.7 Å². The topological polar surface area (TPSA) is 109 Å². The third-order valence-corrected chi connectivity index (χ3v) is 5.43. The summed E-state index contributed by atoms with van der Waals surface area (Å²) in [6.45, 7) is 3.37. The number of carbonyl (C=O) groups is 3. The number of benzene rings is 2. The largest absolute Gasteiger partial charge is 0.483 e. The highest BCUT2D eigenvalue weighted by Gasteiger charge is 2.15. The van der Waals surface area contributed by atoms with Crippen LogP contribution in [0.2, 0.25) is 10.0 Å². The van der Waals surface area contributed by atoms with Crippen LogP contribution in [0, 0.1) is 0 Å². The van der Waals surface area contributed by atoms with Crippen molar-refractivity contribution < 1.29 is 19.1 Å². The van der Waals surface area contributed by atoms with Gasteiger partial charge in [0.15, 0.2) is 6.61 Å². The van der Waals surface area contributed by atoms with Gasteiger partial charge in [-0.25, -0.2) is 5.43 Å². The molecular weight excluding hydrogens is 523 g/mol. The average Bonchev–Trinajstić information content (AvgIpc) is 2.76. The van der Waals surface area contributed by atoms with Gasteiger partial charge in [0.25, 0.3) is 5.91 Å². The zero-order valence-electron chi connectivity index (χ0n) is 17.2. The van der Waals surface area contributed by atoms with Crippen molar-refractivity contribution in [2.24, 2.45) is 5.10 Å². The highest BCUT2D eigenvalue weighted by atomic mass is 79.9. The molecule has 0 spiro atoms. The summed E-state index contributed by atoms with van der Waals surface area (Å²) in [5, 5.41) is 9.50. The summed E-state index contributed by atoms with van der Waals surface area (Å²) < 4.78 is 6.30. The van der Waals surface area contributed by atoms with Gasteiger partial charge < -0.3 is 15.4 Å². The zero-order chi connectivity index (χ0) is 23.7. The van der Waals surface area contributed by atoms with E-state index >= 15 is 0 Å². The highest BCUT2D eigenvalue weighted by Crippen LogP contribution is 2.29. The first kappa shape index (κ1) is 25.6. The Bertz CT molecular complexity index is 1030. The molecule has 0 unspecified atom stereocenters. The standard InChI is InChI=1S/C21H21BrCl2N4O4/c1-3-12(2)26-20(30)21(31)28-25-10-13-9-14(22)7-8-17(13)32-11-18(29)27-16-6-4-5-15(23)19(16)24/h4-10,12H,3,11H2,1-2H3,(H,26,30)(H,27,29)(H,28,31)/b25-10-/t12-/m0/s1. The maximum atomic E-state index is 12.2. The number of anilines is 1. The second-order valence-corrected chi connectivity index (χ2v) is 8.30. The summed E-state index contributed by atoms with van der Waals surface area (Å²) in [4.78, 5) is 35.8. The third-order valence-electron chi connectivity index (χ3n) is 4.12. The Labute approximate surface area is 203 Å². The van der Waals surface area contributed by atoms with Crippen LogP contribution in [-0.2, 0) is 14.4 Å². The molecule has 0 fully saturated rings. The van der Waals surface area contributed by atoms with Gasteiger partial charge >= 0.3 is 11.8 Å². The minimum atomic E-state index is -0.892. The minimum absolute atomic E-state index is 0.129. The van der Waals surface area contributed by atoms with Crippen LogP contribution in [0.1, 0.15) is 25.8 Å². The Morgan fingerprint density at radius 2 is 1.94 bits per heavy atom. The molecule has 3 amide bonds. The minimum Gasteiger partial charge on any atom is -0.483 e. The number of hydrazone groups is 1. The molecule has 0 aliphatic heterocycles. The van der Waals surface area contributed by atoms with Crippen LogP contribution < -0.4 is 20.8 Å². The van der Waals surface area contributed by atoms with Crippen molar-refractivity contribution in [2.75, 3.05) is 11.9 Å². The molecule has 0 heterocycles. The number of ether oxygens (including phenoxy) is 1. The lowest BCUT2D eigenvalue weighted by Crippen LogP contribution is -2.41. The Kier molecular flexibility index (Phi) is 9.96. The van der Waals surface area contributed by atoms with Crippen LogP contribution >= 0.6 is 39.1 Å². The smallest absolute Gasteiger partial charge is 0.329 e. The van der Waals surface area contributed by atoms with E-state index in [-0.39, 0.29) is 17.7 Å². The van der Waals surface area contributed by atoms with Crippen LogP contribution in [0.5, 0.6) is 5.75 Å². The number of carbonyl (C=O) groups excluding carboxylic acids is 3. The fraction of sp³-hybridized carbons (Fsp3) is 0.238. The summed E-state index contributed by atoms with van der Waals surface area (Å²) in [6, 6.07) is 9.77. The van der Waals surface area contributed by atoms with E-state index in [2.05, 4.69) is 37.1 Å². The SMILES string of the molecule is CC[C@H](C)NC(=O)C(=O)N/N=C\c1cc(Br)ccc1OCC(=O)Nc1cccc(Cl)c1Cl. The normalized spacial score (nSPS) is 11.7. The first-order valence-corrected chi connectivity index (χ1v) is 11.1. The lowest BCUT2D eigenvalue weighted by Gasteiger charge is -2.11. The van der Waals surface area contributed by atoms with E-state index in [0.29, 0.717) is 28.4 Å². The molecule has 0 saturated carbocycles. The number of hydrogen-bond donors (Lipinski definition) is 3. The van der Waals surface area contributed by atoms with Crippen molar-refractivity contribution in [2.45, 2.75) is 26.3 Å². The summed E-state index contributed by atoms with van der Waals surface area (Å²) in [6.07, 6.45) is 2.00. The molecule has 2 aromatic rings. The molecule has 0 bridgehead atoms. The highest BCUT2D eigenvalue weighted by molar-refractivity contribution is 9.10. The molecule has 1 atom stereocenters. The molecule has 2 rings (SSSR count). The van der Waals surface area contributed by atoms with Crippen molar-refractivity contribution in [1.82, 2.24) is 10.7 Å². The van der Waals surface area contributed by atoms with Crippen LogP contribution in [0.15, 0.2) is 46.0 Å². The molecule has 0 saturated heterocycles. The van der Waals surface area contributed by atoms with Gasteiger partial charge in [0.2, 0.25) is 0 Å². The lowest BCUT2D eigenvalue weighted by atomic mass is 10.2. The van der Waals surface area contributed by atoms with E-state index in [1.165, 1.54) is 6.21 Å². The fourth-order valence-electron chi connectivity index (χ4n) is 2.28. The number of halogens is 3. The van der Waals surface area contributed by atoms with E-state index in [0.717, 1.165) is 4.47 Å². The summed E-state index contributed by atoms with van der Waals surface area (Å²) in [5.41, 5.74) is 2.99. The van der Waals surface area contributed by atoms with Gasteiger partial charge in [0.1, 0.15) is 5.75 Å². The molecule has 3 N–H and O–H groups in total. The van der Waals surface area contributed by atoms with E-state index in [1.807, 2.05) is 6.92 Å². The quantitative estimate of drug-likeness (QED) is 0.264. The molecule has 0 aliphatic carbocycles. The third kappa shape index (κ3) is 7.81. The molecule has 170 valence electrons. The second kappa shape index (κ2) is 12.4. The Hall–Kier alpha value is -2.62. The fourth-order valence-corrected chi connectivity index (χ4v) is 3.01. The van der Waals surface area contributed by atoms with Gasteiger partial charge in [-0.3, -0.25) is 14.4 Å². The van der Waals surface area contributed by atoms with Crippen LogP contribution in [0.3, 0.4) is 0 Å². The predicted octanol–water partition coefficient (Wildman–Crippen LogP) is 4.14. The molecule has 0 aromatic heterocycles. The molecule has 0 aliphatic rings. The molecule has 0 radical (unpaired) electrons. The Balaban J connectivity index is 1.99. The molecule has 8 nitrogen and oxygen atoms in total. The first-order chi connectivity index (χ1) is 15.2. The summed E-state index contributed by atoms with van der Waals surface area (Å²) >= 11 is 15.3. The number of nitrogens with one attached hydrogen (secondary N) is 3. The predicted molar refractivity (Wildman–Crippen MR) is 128 cm³/mol. The van der Waals surface area contributed by atoms with Gasteiger partial charge in [-0.15, -0.1) is 0 Å². The van der Waals surface area contributed by atoms with Crippen LogP contribution in [-0.4, -0.2) is 36.6 Å². The monoisotopic (exact) mass is 542 g/mol. The molecular formula is C21H21BrCl2N4O4. The zero-order valence-corrected chi connectivity index (χ0v) is 20.3. The second-order valence-electron chi connectivity index (χ2n) is 6.60. The molecule has 11 heteroatoms. The van der Waals surface area contributed by atoms with Crippen molar-refractivity contribution >= 4 is 68.8 Å². The number of hydrogen-bond acceptors (Lipinski definition) is 5. The Morgan fingerprint density at radius 3 is 2.66 bits per heavy atom. The van der Waals surface area contributed by atoms with Gasteiger partial charge in [0, 0.05) is 16.1 Å². The maximum absolute atomic E-state index is 12.2. The molecule has 2 aromatic carbocycles. The maximum Gasteiger partial charge on any atom is 0.329 e. The average molecular weight is 544 g/mol. The van der Waals surface area contributed by atoms with Gasteiger partial charge in [0.05, 0.1) is 21.9 Å². The lowest BCUT2D eigenvalue weighted by molar-refractivity contribution is -0.139. The molecule has 32 heavy (non-hydrogen) atoms. The summed E-state index contributed by atoms with van der Waals surface area (Å²) in [5.74, 6) is -1.78. The van der Waals surface area contributed by atoms with Crippen LogP contribution in [0.4, 0.5) is 5.69 Å². The van der Waals surface area contributed by atoms with Crippen molar-refractivity contribution in [3.05, 3.63) is 56.5 Å².